The van der Waals surface area contributed by atoms with E-state index in [9.17, 15) is 22.4 Å². The molecule has 0 saturated carbocycles. The zero-order chi connectivity index (χ0) is 18.2. The van der Waals surface area contributed by atoms with Gasteiger partial charge in [-0.05, 0) is 37.3 Å². The lowest BCUT2D eigenvalue weighted by Crippen LogP contribution is -2.13. The van der Waals surface area contributed by atoms with Gasteiger partial charge < -0.3 is 4.74 Å². The van der Waals surface area contributed by atoms with Gasteiger partial charge in [-0.25, -0.2) is 19.2 Å². The van der Waals surface area contributed by atoms with E-state index in [-0.39, 0.29) is 29.2 Å². The molecule has 0 bridgehead atoms. The first-order chi connectivity index (χ1) is 11.8. The number of rotatable bonds is 3. The van der Waals surface area contributed by atoms with Gasteiger partial charge >= 0.3 is 12.1 Å². The van der Waals surface area contributed by atoms with E-state index in [1.165, 1.54) is 12.1 Å². The number of alkyl halides is 3. The lowest BCUT2D eigenvalue weighted by molar-refractivity contribution is -0.142. The van der Waals surface area contributed by atoms with E-state index in [0.717, 1.165) is 24.5 Å². The Morgan fingerprint density at radius 3 is 2.52 bits per heavy atom. The minimum Gasteiger partial charge on any atom is -0.461 e. The van der Waals surface area contributed by atoms with Gasteiger partial charge in [-0.2, -0.15) is 13.2 Å². The number of carbonyl (C=O) groups is 1. The highest BCUT2D eigenvalue weighted by atomic mass is 19.4. The van der Waals surface area contributed by atoms with Crippen LogP contribution in [0.3, 0.4) is 0 Å². The molecule has 0 aliphatic heterocycles. The number of carbonyl (C=O) groups excluding carboxylic acids is 1. The molecule has 0 atom stereocenters. The van der Waals surface area contributed by atoms with E-state index >= 15 is 0 Å². The highest BCUT2D eigenvalue weighted by molar-refractivity contribution is 5.94. The molecule has 1 aromatic carbocycles. The fourth-order valence-electron chi connectivity index (χ4n) is 2.30. The zero-order valence-corrected chi connectivity index (χ0v) is 12.8. The van der Waals surface area contributed by atoms with E-state index in [2.05, 4.69) is 9.97 Å². The van der Waals surface area contributed by atoms with Gasteiger partial charge in [0.25, 0.3) is 0 Å². The molecule has 0 fully saturated rings. The van der Waals surface area contributed by atoms with E-state index in [1.54, 1.807) is 6.92 Å². The highest BCUT2D eigenvalue weighted by Crippen LogP contribution is 2.33. The highest BCUT2D eigenvalue weighted by Gasteiger charge is 2.35. The predicted molar refractivity (Wildman–Crippen MR) is 79.3 cm³/mol. The van der Waals surface area contributed by atoms with Gasteiger partial charge in [-0.1, -0.05) is 0 Å². The third-order valence-corrected chi connectivity index (χ3v) is 3.40. The molecule has 3 aromatic rings. The molecule has 5 nitrogen and oxygen atoms in total. The second kappa shape index (κ2) is 6.15. The van der Waals surface area contributed by atoms with E-state index in [1.807, 2.05) is 0 Å². The molecule has 2 aromatic heterocycles. The number of hydrogen-bond donors (Lipinski definition) is 0. The molecule has 130 valence electrons. The van der Waals surface area contributed by atoms with Crippen LogP contribution in [0.2, 0.25) is 0 Å². The molecular formula is C16H11F4N3O2. The standard InChI is InChI=1S/C16H11F4N3O2/c1-2-25-15(24)13-14-22-11(9-3-5-10(17)6-4-9)7-12(16(18,19)20)23(14)8-21-13/h3-8H,2H2,1H3. The van der Waals surface area contributed by atoms with Crippen molar-refractivity contribution in [1.29, 1.82) is 0 Å². The Labute approximate surface area is 138 Å². The molecule has 0 amide bonds. The molecule has 0 N–H and O–H groups in total. The van der Waals surface area contributed by atoms with Crippen LogP contribution in [0.15, 0.2) is 36.7 Å². The van der Waals surface area contributed by atoms with Crippen LogP contribution < -0.4 is 0 Å². The van der Waals surface area contributed by atoms with Crippen molar-refractivity contribution in [3.05, 3.63) is 53.9 Å². The average Bonchev–Trinajstić information content (AvgIpc) is 2.97. The lowest BCUT2D eigenvalue weighted by Gasteiger charge is -2.12. The molecule has 0 unspecified atom stereocenters. The summed E-state index contributed by atoms with van der Waals surface area (Å²) in [5.74, 6) is -1.40. The van der Waals surface area contributed by atoms with Gasteiger partial charge in [0.05, 0.1) is 12.3 Å². The number of nitrogens with zero attached hydrogens (tertiary/aromatic N) is 3. The van der Waals surface area contributed by atoms with Crippen molar-refractivity contribution in [2.45, 2.75) is 13.1 Å². The summed E-state index contributed by atoms with van der Waals surface area (Å²) in [6.07, 6.45) is -3.84. The monoisotopic (exact) mass is 353 g/mol. The largest absolute Gasteiger partial charge is 0.461 e. The minimum absolute atomic E-state index is 0.0433. The lowest BCUT2D eigenvalue weighted by atomic mass is 10.1. The summed E-state index contributed by atoms with van der Waals surface area (Å²) in [6, 6.07) is 5.63. The molecule has 9 heteroatoms. The number of fused-ring (bicyclic) bond motifs is 1. The van der Waals surface area contributed by atoms with E-state index in [4.69, 9.17) is 4.74 Å². The molecule has 0 saturated heterocycles. The molecule has 3 rings (SSSR count). The normalized spacial score (nSPS) is 11.7. The molecule has 0 radical (unpaired) electrons. The van der Waals surface area contributed by atoms with Crippen LogP contribution in [0.1, 0.15) is 23.1 Å². The van der Waals surface area contributed by atoms with Crippen molar-refractivity contribution >= 4 is 11.6 Å². The average molecular weight is 353 g/mol. The van der Waals surface area contributed by atoms with Crippen LogP contribution in [0.4, 0.5) is 17.6 Å². The molecule has 2 heterocycles. The smallest absolute Gasteiger partial charge is 0.431 e. The summed E-state index contributed by atoms with van der Waals surface area (Å²) >= 11 is 0. The summed E-state index contributed by atoms with van der Waals surface area (Å²) in [5, 5.41) is 0. The van der Waals surface area contributed by atoms with Crippen LogP contribution in [-0.4, -0.2) is 26.9 Å². The molecule has 0 spiro atoms. The van der Waals surface area contributed by atoms with Crippen molar-refractivity contribution in [3.8, 4) is 11.3 Å². The maximum absolute atomic E-state index is 13.4. The molecule has 0 aliphatic carbocycles. The number of aromatic nitrogens is 3. The Balaban J connectivity index is 2.26. The maximum Gasteiger partial charge on any atom is 0.431 e. The van der Waals surface area contributed by atoms with Gasteiger partial charge in [-0.3, -0.25) is 4.40 Å². The Bertz CT molecular complexity index is 933. The van der Waals surface area contributed by atoms with Gasteiger partial charge in [-0.15, -0.1) is 0 Å². The number of esters is 1. The number of imidazole rings is 1. The first-order valence-electron chi connectivity index (χ1n) is 7.19. The minimum atomic E-state index is -4.71. The third-order valence-electron chi connectivity index (χ3n) is 3.40. The number of ether oxygens (including phenoxy) is 1. The van der Waals surface area contributed by atoms with Gasteiger partial charge in [0.2, 0.25) is 0 Å². The third kappa shape index (κ3) is 3.17. The van der Waals surface area contributed by atoms with Crippen molar-refractivity contribution in [2.75, 3.05) is 6.61 Å². The van der Waals surface area contributed by atoms with Crippen molar-refractivity contribution < 1.29 is 27.1 Å². The molecular weight excluding hydrogens is 342 g/mol. The van der Waals surface area contributed by atoms with Gasteiger partial charge in [0.15, 0.2) is 11.3 Å². The second-order valence-corrected chi connectivity index (χ2v) is 5.04. The number of benzene rings is 1. The van der Waals surface area contributed by atoms with Crippen molar-refractivity contribution in [2.24, 2.45) is 0 Å². The van der Waals surface area contributed by atoms with Gasteiger partial charge in [0.1, 0.15) is 17.8 Å². The Hall–Kier alpha value is -2.97. The summed E-state index contributed by atoms with van der Waals surface area (Å²) < 4.78 is 58.7. The topological polar surface area (TPSA) is 56.5 Å². The first-order valence-corrected chi connectivity index (χ1v) is 7.19. The van der Waals surface area contributed by atoms with Crippen LogP contribution in [-0.2, 0) is 10.9 Å². The van der Waals surface area contributed by atoms with Crippen LogP contribution in [0.5, 0.6) is 0 Å². The zero-order valence-electron chi connectivity index (χ0n) is 12.8. The van der Waals surface area contributed by atoms with E-state index < -0.39 is 23.7 Å². The Kier molecular flexibility index (Phi) is 4.15. The Morgan fingerprint density at radius 2 is 1.92 bits per heavy atom. The van der Waals surface area contributed by atoms with Crippen LogP contribution in [0, 0.1) is 5.82 Å². The van der Waals surface area contributed by atoms with Crippen molar-refractivity contribution in [1.82, 2.24) is 14.4 Å². The first kappa shape index (κ1) is 16.9. The second-order valence-electron chi connectivity index (χ2n) is 5.04. The number of halogens is 4. The fraction of sp³-hybridized carbons (Fsp3) is 0.188. The maximum atomic E-state index is 13.4. The Morgan fingerprint density at radius 1 is 1.24 bits per heavy atom. The summed E-state index contributed by atoms with van der Waals surface area (Å²) in [5.41, 5.74) is -1.46. The molecule has 25 heavy (non-hydrogen) atoms. The predicted octanol–water partition coefficient (Wildman–Crippen LogP) is 3.73. The van der Waals surface area contributed by atoms with Crippen molar-refractivity contribution in [3.63, 3.8) is 0 Å². The van der Waals surface area contributed by atoms with Crippen LogP contribution in [0.25, 0.3) is 16.9 Å². The fourth-order valence-corrected chi connectivity index (χ4v) is 2.30. The van der Waals surface area contributed by atoms with Crippen LogP contribution >= 0.6 is 0 Å². The quantitative estimate of drug-likeness (QED) is 0.532. The van der Waals surface area contributed by atoms with Gasteiger partial charge in [0, 0.05) is 5.56 Å². The SMILES string of the molecule is CCOC(=O)c1ncn2c(C(F)(F)F)cc(-c3ccc(F)cc3)nc12. The summed E-state index contributed by atoms with van der Waals surface area (Å²) in [7, 11) is 0. The summed E-state index contributed by atoms with van der Waals surface area (Å²) in [4.78, 5) is 19.7. The van der Waals surface area contributed by atoms with E-state index in [0.29, 0.717) is 4.40 Å². The summed E-state index contributed by atoms with van der Waals surface area (Å²) in [6.45, 7) is 1.61. The molecule has 0 aliphatic rings. The number of hydrogen-bond acceptors (Lipinski definition) is 4.